The van der Waals surface area contributed by atoms with Gasteiger partial charge in [-0.3, -0.25) is 19.0 Å². The molecule has 1 aromatic heterocycles. The fraction of sp³-hybridized carbons (Fsp3) is 0.273. The molecule has 1 fully saturated rings. The average molecular weight is 444 g/mol. The van der Waals surface area contributed by atoms with Crippen molar-refractivity contribution in [1.29, 1.82) is 0 Å². The molecule has 2 aromatic carbocycles. The lowest BCUT2D eigenvalue weighted by molar-refractivity contribution is -0.137. The summed E-state index contributed by atoms with van der Waals surface area (Å²) in [5.74, 6) is -0.797. The van der Waals surface area contributed by atoms with Crippen molar-refractivity contribution in [2.75, 3.05) is 26.2 Å². The van der Waals surface area contributed by atoms with Gasteiger partial charge in [-0.15, -0.1) is 0 Å². The van der Waals surface area contributed by atoms with Gasteiger partial charge in [0.05, 0.1) is 22.8 Å². The third kappa shape index (κ3) is 4.34. The first kappa shape index (κ1) is 21.5. The molecule has 1 saturated heterocycles. The smallest absolute Gasteiger partial charge is 0.338 e. The van der Waals surface area contributed by atoms with E-state index < -0.39 is 23.2 Å². The molecule has 32 heavy (non-hydrogen) atoms. The number of amides is 2. The number of hydrogen-bond acceptors (Lipinski definition) is 4. The number of aromatic nitrogens is 2. The van der Waals surface area contributed by atoms with Gasteiger partial charge in [0, 0.05) is 31.7 Å². The number of alkyl halides is 3. The number of fused-ring (bicyclic) bond motifs is 1. The number of hydrogen-bond donors (Lipinski definition) is 0. The van der Waals surface area contributed by atoms with E-state index in [1.807, 2.05) is 0 Å². The van der Waals surface area contributed by atoms with E-state index in [1.54, 1.807) is 24.3 Å². The first-order valence-electron chi connectivity index (χ1n) is 9.93. The van der Waals surface area contributed by atoms with Crippen LogP contribution in [0.2, 0.25) is 0 Å². The Kier molecular flexibility index (Phi) is 5.68. The third-order valence-electron chi connectivity index (χ3n) is 5.40. The van der Waals surface area contributed by atoms with Crippen LogP contribution in [0.1, 0.15) is 15.9 Å². The zero-order valence-corrected chi connectivity index (χ0v) is 16.9. The summed E-state index contributed by atoms with van der Waals surface area (Å²) in [4.78, 5) is 44.7. The van der Waals surface area contributed by atoms with Crippen molar-refractivity contribution in [3.63, 3.8) is 0 Å². The van der Waals surface area contributed by atoms with Crippen molar-refractivity contribution < 1.29 is 22.8 Å². The molecule has 1 aliphatic rings. The largest absolute Gasteiger partial charge is 0.416 e. The van der Waals surface area contributed by atoms with Crippen molar-refractivity contribution in [2.24, 2.45) is 0 Å². The fourth-order valence-electron chi connectivity index (χ4n) is 3.68. The second-order valence-electron chi connectivity index (χ2n) is 7.42. The molecule has 0 radical (unpaired) electrons. The van der Waals surface area contributed by atoms with Gasteiger partial charge >= 0.3 is 6.18 Å². The number of benzene rings is 2. The molecule has 7 nitrogen and oxygen atoms in total. The number of rotatable bonds is 3. The maximum absolute atomic E-state index is 12.9. The molecule has 10 heteroatoms. The van der Waals surface area contributed by atoms with E-state index in [0.29, 0.717) is 11.0 Å². The fourth-order valence-corrected chi connectivity index (χ4v) is 3.68. The summed E-state index contributed by atoms with van der Waals surface area (Å²) in [6.07, 6.45) is -3.36. The second kappa shape index (κ2) is 8.45. The Morgan fingerprint density at radius 2 is 1.62 bits per heavy atom. The van der Waals surface area contributed by atoms with Gasteiger partial charge in [0.25, 0.3) is 11.5 Å². The zero-order chi connectivity index (χ0) is 22.9. The van der Waals surface area contributed by atoms with Gasteiger partial charge in [0.2, 0.25) is 5.91 Å². The van der Waals surface area contributed by atoms with E-state index in [1.165, 1.54) is 32.7 Å². The highest BCUT2D eigenvalue weighted by molar-refractivity contribution is 5.94. The Morgan fingerprint density at radius 3 is 2.34 bits per heavy atom. The molecule has 1 aliphatic heterocycles. The molecule has 4 rings (SSSR count). The van der Waals surface area contributed by atoms with Crippen LogP contribution < -0.4 is 5.56 Å². The van der Waals surface area contributed by atoms with E-state index in [-0.39, 0.29) is 44.2 Å². The highest BCUT2D eigenvalue weighted by Crippen LogP contribution is 2.29. The molecule has 166 valence electrons. The molecule has 2 amide bonds. The lowest BCUT2D eigenvalue weighted by Crippen LogP contribution is -2.51. The van der Waals surface area contributed by atoms with E-state index in [4.69, 9.17) is 0 Å². The number of halogens is 3. The first-order valence-corrected chi connectivity index (χ1v) is 9.93. The van der Waals surface area contributed by atoms with Crippen molar-refractivity contribution in [1.82, 2.24) is 19.4 Å². The molecule has 0 N–H and O–H groups in total. The van der Waals surface area contributed by atoms with Crippen LogP contribution in [0.3, 0.4) is 0 Å². The predicted octanol–water partition coefficient (Wildman–Crippen LogP) is 2.40. The van der Waals surface area contributed by atoms with E-state index in [0.717, 1.165) is 12.1 Å². The van der Waals surface area contributed by atoms with Crippen LogP contribution in [0.15, 0.2) is 59.5 Å². The van der Waals surface area contributed by atoms with Crippen LogP contribution in [-0.4, -0.2) is 57.3 Å². The number of para-hydroxylation sites is 2. The molecule has 2 heterocycles. The van der Waals surface area contributed by atoms with Crippen LogP contribution in [0.25, 0.3) is 11.0 Å². The molecular weight excluding hydrogens is 425 g/mol. The minimum atomic E-state index is -4.53. The number of piperazine rings is 1. The lowest BCUT2D eigenvalue weighted by Gasteiger charge is -2.35. The SMILES string of the molecule is O=C(Cn1c(=O)cnc2ccccc21)N1CCN(C(=O)c2cccc(C(F)(F)F)c2)CC1. The van der Waals surface area contributed by atoms with Gasteiger partial charge in [-0.1, -0.05) is 18.2 Å². The minimum Gasteiger partial charge on any atom is -0.338 e. The van der Waals surface area contributed by atoms with E-state index >= 15 is 0 Å². The quantitative estimate of drug-likeness (QED) is 0.622. The summed E-state index contributed by atoms with van der Waals surface area (Å²) in [5.41, 5.74) is -0.180. The summed E-state index contributed by atoms with van der Waals surface area (Å²) in [7, 11) is 0. The van der Waals surface area contributed by atoms with Crippen LogP contribution in [0, 0.1) is 0 Å². The minimum absolute atomic E-state index is 0.0468. The zero-order valence-electron chi connectivity index (χ0n) is 16.9. The summed E-state index contributed by atoms with van der Waals surface area (Å²) < 4.78 is 40.1. The van der Waals surface area contributed by atoms with Crippen LogP contribution in [0.4, 0.5) is 13.2 Å². The predicted molar refractivity (Wildman–Crippen MR) is 110 cm³/mol. The maximum atomic E-state index is 12.9. The Labute approximate surface area is 180 Å². The molecular formula is C22H19F3N4O3. The van der Waals surface area contributed by atoms with Crippen molar-refractivity contribution in [3.05, 3.63) is 76.2 Å². The Balaban J connectivity index is 1.42. The monoisotopic (exact) mass is 444 g/mol. The standard InChI is InChI=1S/C22H19F3N4O3/c23-22(24,25)16-5-3-4-15(12-16)21(32)28-10-8-27(9-11-28)20(31)14-29-18-7-2-1-6-17(18)26-13-19(29)30/h1-7,12-13H,8-11,14H2. The highest BCUT2D eigenvalue weighted by atomic mass is 19.4. The van der Waals surface area contributed by atoms with E-state index in [2.05, 4.69) is 4.98 Å². The Hall–Kier alpha value is -3.69. The number of carbonyl (C=O) groups excluding carboxylic acids is 2. The van der Waals surface area contributed by atoms with E-state index in [9.17, 15) is 27.6 Å². The van der Waals surface area contributed by atoms with Gasteiger partial charge in [0.1, 0.15) is 6.54 Å². The molecule has 0 unspecified atom stereocenters. The summed E-state index contributed by atoms with van der Waals surface area (Å²) in [5, 5.41) is 0. The Bertz CT molecular complexity index is 1230. The van der Waals surface area contributed by atoms with Crippen molar-refractivity contribution >= 4 is 22.8 Å². The van der Waals surface area contributed by atoms with Gasteiger partial charge in [-0.25, -0.2) is 4.98 Å². The number of carbonyl (C=O) groups is 2. The summed E-state index contributed by atoms with van der Waals surface area (Å²) in [6.45, 7) is 0.658. The van der Waals surface area contributed by atoms with Crippen molar-refractivity contribution in [3.8, 4) is 0 Å². The Morgan fingerprint density at radius 1 is 0.938 bits per heavy atom. The molecule has 0 atom stereocenters. The molecule has 3 aromatic rings. The maximum Gasteiger partial charge on any atom is 0.416 e. The lowest BCUT2D eigenvalue weighted by atomic mass is 10.1. The van der Waals surface area contributed by atoms with Crippen LogP contribution in [-0.2, 0) is 17.5 Å². The van der Waals surface area contributed by atoms with Gasteiger partial charge in [-0.05, 0) is 30.3 Å². The highest BCUT2D eigenvalue weighted by Gasteiger charge is 2.32. The summed E-state index contributed by atoms with van der Waals surface area (Å²) in [6, 6.07) is 11.3. The van der Waals surface area contributed by atoms with Crippen molar-refractivity contribution in [2.45, 2.75) is 12.7 Å². The van der Waals surface area contributed by atoms with Gasteiger partial charge < -0.3 is 9.80 Å². The second-order valence-corrected chi connectivity index (χ2v) is 7.42. The van der Waals surface area contributed by atoms with Crippen LogP contribution in [0.5, 0.6) is 0 Å². The van der Waals surface area contributed by atoms with Gasteiger partial charge in [-0.2, -0.15) is 13.2 Å². The third-order valence-corrected chi connectivity index (χ3v) is 5.40. The van der Waals surface area contributed by atoms with Gasteiger partial charge in [0.15, 0.2) is 0 Å². The number of nitrogens with zero attached hydrogens (tertiary/aromatic N) is 4. The topological polar surface area (TPSA) is 75.5 Å². The molecule has 0 spiro atoms. The molecule has 0 bridgehead atoms. The summed E-state index contributed by atoms with van der Waals surface area (Å²) >= 11 is 0. The average Bonchev–Trinajstić information content (AvgIpc) is 2.80. The first-order chi connectivity index (χ1) is 15.2. The normalized spacial score (nSPS) is 14.6. The molecule has 0 saturated carbocycles. The molecule has 0 aliphatic carbocycles. The van der Waals surface area contributed by atoms with Crippen LogP contribution >= 0.6 is 0 Å².